The van der Waals surface area contributed by atoms with Crippen molar-refractivity contribution < 1.29 is 63.6 Å². The van der Waals surface area contributed by atoms with Crippen molar-refractivity contribution in [1.82, 2.24) is 10.1 Å². The molecule has 2 rings (SSSR count). The van der Waals surface area contributed by atoms with Gasteiger partial charge in [0, 0.05) is 22.2 Å². The predicted molar refractivity (Wildman–Crippen MR) is 94.0 cm³/mol. The molecule has 0 bridgehead atoms. The molecule has 0 aromatic heterocycles. The molecule has 0 aromatic rings. The van der Waals surface area contributed by atoms with E-state index in [4.69, 9.17) is 18.6 Å². The number of nitrogens with zero attached hydrogens (tertiary/aromatic N) is 2. The molecule has 1 N–H and O–H groups in total. The second-order valence-corrected chi connectivity index (χ2v) is 10.7. The van der Waals surface area contributed by atoms with E-state index >= 15 is 0 Å². The summed E-state index contributed by atoms with van der Waals surface area (Å²) in [5.74, 6) is 0. The Morgan fingerprint density at radius 2 is 0.929 bits per heavy atom. The third kappa shape index (κ3) is 10.8. The Kier molecular flexibility index (Phi) is 12.3. The fourth-order valence-electron chi connectivity index (χ4n) is 3.95. The van der Waals surface area contributed by atoms with Crippen LogP contribution in [0.5, 0.6) is 0 Å². The van der Waals surface area contributed by atoms with Crippen molar-refractivity contribution in [1.29, 1.82) is 0 Å². The minimum absolute atomic E-state index is 0. The van der Waals surface area contributed by atoms with Crippen molar-refractivity contribution >= 4 is 0 Å². The van der Waals surface area contributed by atoms with Crippen molar-refractivity contribution in [3.05, 3.63) is 5.21 Å². The summed E-state index contributed by atoms with van der Waals surface area (Å²) < 4.78 is 32.7. The fraction of sp³-hybridized carbons (Fsp3) is 1.00. The minimum Gasteiger partial charge on any atom is -0.784 e. The van der Waals surface area contributed by atoms with Gasteiger partial charge < -0.3 is 10.3 Å². The van der Waals surface area contributed by atoms with Crippen molar-refractivity contribution in [3.63, 3.8) is 0 Å². The second-order valence-electron chi connectivity index (χ2n) is 9.94. The topological polar surface area (TPSA) is 139 Å². The summed E-state index contributed by atoms with van der Waals surface area (Å²) in [6.07, 6.45) is 6.47. The molecule has 10 heteroatoms. The van der Waals surface area contributed by atoms with Gasteiger partial charge in [-0.25, -0.2) is 0 Å². The smallest absolute Gasteiger partial charge is 0.784 e. The van der Waals surface area contributed by atoms with Crippen LogP contribution in [0.15, 0.2) is 0 Å². The van der Waals surface area contributed by atoms with Gasteiger partial charge in [-0.3, -0.25) is 0 Å². The standard InChI is InChI=1S/2C9H18NO.ClHO4.Na/c2*1-8(2)6-5-7-9(3,4)10(8)11;2-1(3,4)5;/h2*5-7H2,1-4H3;(H,2,3,4,5);/q;-1;;+1. The zero-order valence-corrected chi connectivity index (χ0v) is 21.8. The van der Waals surface area contributed by atoms with Gasteiger partial charge in [0.1, 0.15) is 0 Å². The molecule has 0 spiro atoms. The summed E-state index contributed by atoms with van der Waals surface area (Å²) in [7, 11) is -4.69. The number of hydrogen-bond acceptors (Lipinski definition) is 7. The first-order valence-corrected chi connectivity index (χ1v) is 10.6. The predicted octanol–water partition coefficient (Wildman–Crippen LogP) is -2.22. The molecule has 28 heavy (non-hydrogen) atoms. The molecule has 2 heterocycles. The van der Waals surface area contributed by atoms with Crippen LogP contribution in [-0.4, -0.2) is 36.9 Å². The summed E-state index contributed by atoms with van der Waals surface area (Å²) in [5.41, 5.74) is -0.604. The molecule has 2 saturated heterocycles. The van der Waals surface area contributed by atoms with Gasteiger partial charge in [-0.15, -0.1) is 10.3 Å². The van der Waals surface area contributed by atoms with E-state index in [2.05, 4.69) is 0 Å². The van der Waals surface area contributed by atoms with Gasteiger partial charge in [0.25, 0.3) is 0 Å². The average molecular weight is 436 g/mol. The van der Waals surface area contributed by atoms with Crippen molar-refractivity contribution in [2.45, 2.75) is 116 Å². The Hall–Kier alpha value is 0.970. The maximum atomic E-state index is 11.7. The first-order valence-electron chi connectivity index (χ1n) is 9.31. The first-order chi connectivity index (χ1) is 11.7. The normalized spacial score (nSPS) is 25.9. The zero-order chi connectivity index (χ0) is 21.9. The van der Waals surface area contributed by atoms with Crippen LogP contribution in [0.3, 0.4) is 0 Å². The van der Waals surface area contributed by atoms with Crippen LogP contribution in [0.2, 0.25) is 0 Å². The molecule has 1 radical (unpaired) electrons. The Morgan fingerprint density at radius 3 is 1.11 bits per heavy atom. The van der Waals surface area contributed by atoms with E-state index in [1.165, 1.54) is 23.0 Å². The van der Waals surface area contributed by atoms with Gasteiger partial charge in [0.2, 0.25) is 0 Å². The number of halogens is 1. The van der Waals surface area contributed by atoms with E-state index in [0.717, 1.165) is 25.7 Å². The molecular formula is C18H37ClN2NaO6. The second kappa shape index (κ2) is 11.0. The van der Waals surface area contributed by atoms with Gasteiger partial charge in [-0.2, -0.15) is 14.0 Å². The Morgan fingerprint density at radius 1 is 0.714 bits per heavy atom. The van der Waals surface area contributed by atoms with Crippen LogP contribution in [-0.2, 0) is 5.21 Å². The molecule has 2 aliphatic heterocycles. The molecule has 163 valence electrons. The number of rotatable bonds is 0. The molecule has 0 unspecified atom stereocenters. The minimum atomic E-state index is -4.69. The van der Waals surface area contributed by atoms with Gasteiger partial charge in [0.05, 0.1) is 14.9 Å². The summed E-state index contributed by atoms with van der Waals surface area (Å²) in [5, 5.41) is 25.9. The summed E-state index contributed by atoms with van der Waals surface area (Å²) >= 11 is 0. The van der Waals surface area contributed by atoms with E-state index in [1.54, 1.807) is 0 Å². The number of hydroxylamine groups is 4. The SMILES string of the molecule is CC1(C)CCCC(C)(C)N1[O-].CC1(C)CCCC(C)(C)N1[O].[Na+].[O-][Cl+3]([O-])([O-])O. The summed E-state index contributed by atoms with van der Waals surface area (Å²) in [6.45, 7) is 16.2. The van der Waals surface area contributed by atoms with Crippen LogP contribution in [0, 0.1) is 15.5 Å². The van der Waals surface area contributed by atoms with E-state index in [0.29, 0.717) is 0 Å². The molecule has 0 aliphatic carbocycles. The van der Waals surface area contributed by atoms with E-state index in [9.17, 15) is 10.4 Å². The molecule has 8 nitrogen and oxygen atoms in total. The van der Waals surface area contributed by atoms with Crippen LogP contribution in [0.25, 0.3) is 0 Å². The first kappa shape index (κ1) is 31.2. The van der Waals surface area contributed by atoms with E-state index in [-0.39, 0.29) is 51.7 Å². The van der Waals surface area contributed by atoms with E-state index < -0.39 is 10.2 Å². The van der Waals surface area contributed by atoms with Crippen LogP contribution >= 0.6 is 0 Å². The molecule has 0 amide bonds. The third-order valence-corrected chi connectivity index (χ3v) is 5.35. The van der Waals surface area contributed by atoms with Crippen LogP contribution in [0.1, 0.15) is 93.9 Å². The van der Waals surface area contributed by atoms with Gasteiger partial charge in [0.15, 0.2) is 0 Å². The molecular weight excluding hydrogens is 399 g/mol. The average Bonchev–Trinajstić information content (AvgIpc) is 2.41. The van der Waals surface area contributed by atoms with Gasteiger partial charge >= 0.3 is 29.6 Å². The van der Waals surface area contributed by atoms with Crippen LogP contribution in [0.4, 0.5) is 0 Å². The van der Waals surface area contributed by atoms with Gasteiger partial charge in [-0.1, -0.05) is 0 Å². The zero-order valence-electron chi connectivity index (χ0n) is 19.0. The molecule has 2 aliphatic rings. The monoisotopic (exact) mass is 435 g/mol. The number of piperidine rings is 2. The van der Waals surface area contributed by atoms with Crippen molar-refractivity contribution in [2.75, 3.05) is 0 Å². The summed E-state index contributed by atoms with van der Waals surface area (Å²) in [4.78, 5) is 0. The Balaban J connectivity index is 0. The number of hydrogen-bond donors (Lipinski definition) is 1. The van der Waals surface area contributed by atoms with Crippen molar-refractivity contribution in [3.8, 4) is 0 Å². The Bertz CT molecular complexity index is 395. The molecule has 0 atom stereocenters. The maximum Gasteiger partial charge on any atom is 1.00 e. The molecule has 0 aromatic carbocycles. The van der Waals surface area contributed by atoms with Crippen LogP contribution < -0.4 is 43.5 Å². The summed E-state index contributed by atoms with van der Waals surface area (Å²) in [6, 6.07) is 0. The molecule has 2 fully saturated rings. The third-order valence-electron chi connectivity index (χ3n) is 5.35. The maximum absolute atomic E-state index is 11.7. The Labute approximate surface area is 194 Å². The van der Waals surface area contributed by atoms with E-state index in [1.807, 2.05) is 55.4 Å². The quantitative estimate of drug-likeness (QED) is 0.425. The fourth-order valence-corrected chi connectivity index (χ4v) is 3.95. The van der Waals surface area contributed by atoms with Crippen molar-refractivity contribution in [2.24, 2.45) is 0 Å². The van der Waals surface area contributed by atoms with Gasteiger partial charge in [-0.05, 0) is 93.9 Å². The molecule has 0 saturated carbocycles. The largest absolute Gasteiger partial charge is 1.00 e.